The molecule has 1 saturated heterocycles. The maximum atomic E-state index is 5.50. The van der Waals surface area contributed by atoms with Gasteiger partial charge in [-0.05, 0) is 12.1 Å². The van der Waals surface area contributed by atoms with Crippen molar-refractivity contribution in [2.45, 2.75) is 0 Å². The molecule has 2 aromatic carbocycles. The number of imidazole rings is 1. The van der Waals surface area contributed by atoms with Gasteiger partial charge in [-0.1, -0.05) is 18.2 Å². The summed E-state index contributed by atoms with van der Waals surface area (Å²) < 4.78 is 23.9. The first-order chi connectivity index (χ1) is 18.2. The van der Waals surface area contributed by atoms with E-state index in [0.29, 0.717) is 52.4 Å². The molecular weight excluding hydrogens is 474 g/mol. The third kappa shape index (κ3) is 5.37. The Kier molecular flexibility index (Phi) is 7.52. The van der Waals surface area contributed by atoms with E-state index in [1.54, 1.807) is 27.7 Å². The van der Waals surface area contributed by atoms with E-state index >= 15 is 0 Å². The summed E-state index contributed by atoms with van der Waals surface area (Å²) in [6.45, 7) is 4.98. The second-order valence-corrected chi connectivity index (χ2v) is 8.44. The lowest BCUT2D eigenvalue weighted by Gasteiger charge is -2.26. The fourth-order valence-corrected chi connectivity index (χ4v) is 4.30. The molecule has 1 fully saturated rings. The van der Waals surface area contributed by atoms with E-state index in [-0.39, 0.29) is 0 Å². The SMILES string of the molecule is COc1cc(Nc2nc(NCCN3CCOCC3)c3ncn(-c4ccccc4)c3n2)cc(OC)c1OC. The van der Waals surface area contributed by atoms with Gasteiger partial charge in [0.05, 0.1) is 34.5 Å². The van der Waals surface area contributed by atoms with E-state index in [1.165, 1.54) is 0 Å². The molecule has 0 saturated carbocycles. The first-order valence-electron chi connectivity index (χ1n) is 12.1. The number of hydrogen-bond donors (Lipinski definition) is 2. The van der Waals surface area contributed by atoms with Gasteiger partial charge in [-0.3, -0.25) is 9.47 Å². The van der Waals surface area contributed by atoms with Crippen molar-refractivity contribution in [1.82, 2.24) is 24.4 Å². The molecular formula is C26H31N7O4. The third-order valence-electron chi connectivity index (χ3n) is 6.18. The van der Waals surface area contributed by atoms with Crippen LogP contribution in [0, 0.1) is 0 Å². The van der Waals surface area contributed by atoms with Crippen LogP contribution >= 0.6 is 0 Å². The molecule has 11 nitrogen and oxygen atoms in total. The van der Waals surface area contributed by atoms with Crippen molar-refractivity contribution in [1.29, 1.82) is 0 Å². The van der Waals surface area contributed by atoms with E-state index in [2.05, 4.69) is 20.5 Å². The summed E-state index contributed by atoms with van der Waals surface area (Å²) in [4.78, 5) is 16.6. The number of nitrogens with zero attached hydrogens (tertiary/aromatic N) is 5. The van der Waals surface area contributed by atoms with Crippen molar-refractivity contribution in [2.24, 2.45) is 0 Å². The average Bonchev–Trinajstić information content (AvgIpc) is 3.37. The van der Waals surface area contributed by atoms with Gasteiger partial charge in [0.1, 0.15) is 6.33 Å². The molecule has 11 heteroatoms. The number of ether oxygens (including phenoxy) is 4. The summed E-state index contributed by atoms with van der Waals surface area (Å²) in [5.74, 6) is 2.64. The zero-order chi connectivity index (χ0) is 25.6. The Labute approximate surface area is 215 Å². The molecule has 2 N–H and O–H groups in total. The summed E-state index contributed by atoms with van der Waals surface area (Å²) in [6.07, 6.45) is 1.77. The predicted octanol–water partition coefficient (Wildman–Crippen LogP) is 3.33. The fourth-order valence-electron chi connectivity index (χ4n) is 4.30. The largest absolute Gasteiger partial charge is 0.493 e. The Morgan fingerprint density at radius 3 is 2.35 bits per heavy atom. The summed E-state index contributed by atoms with van der Waals surface area (Å²) in [6, 6.07) is 13.6. The van der Waals surface area contributed by atoms with Crippen molar-refractivity contribution in [3.05, 3.63) is 48.8 Å². The Balaban J connectivity index is 1.49. The number of methoxy groups -OCH3 is 3. The van der Waals surface area contributed by atoms with Crippen LogP contribution in [0.4, 0.5) is 17.5 Å². The molecule has 1 aliphatic rings. The lowest BCUT2D eigenvalue weighted by Crippen LogP contribution is -2.39. The number of benzene rings is 2. The molecule has 194 valence electrons. The minimum Gasteiger partial charge on any atom is -0.493 e. The highest BCUT2D eigenvalue weighted by atomic mass is 16.5. The van der Waals surface area contributed by atoms with Crippen LogP contribution in [0.25, 0.3) is 16.9 Å². The Bertz CT molecular complexity index is 1310. The zero-order valence-electron chi connectivity index (χ0n) is 21.2. The van der Waals surface area contributed by atoms with Crippen LogP contribution in [0.15, 0.2) is 48.8 Å². The van der Waals surface area contributed by atoms with Crippen LogP contribution in [0.5, 0.6) is 17.2 Å². The van der Waals surface area contributed by atoms with Gasteiger partial charge in [-0.2, -0.15) is 9.97 Å². The number of nitrogens with one attached hydrogen (secondary N) is 2. The van der Waals surface area contributed by atoms with E-state index in [9.17, 15) is 0 Å². The first-order valence-corrected chi connectivity index (χ1v) is 12.1. The van der Waals surface area contributed by atoms with E-state index in [0.717, 1.165) is 38.5 Å². The highest BCUT2D eigenvalue weighted by Gasteiger charge is 2.18. The maximum Gasteiger partial charge on any atom is 0.231 e. The molecule has 0 aliphatic carbocycles. The van der Waals surface area contributed by atoms with E-state index in [4.69, 9.17) is 28.9 Å². The highest BCUT2D eigenvalue weighted by molar-refractivity contribution is 5.86. The lowest BCUT2D eigenvalue weighted by atomic mass is 10.2. The number of aromatic nitrogens is 4. The number of fused-ring (bicyclic) bond motifs is 1. The molecule has 0 bridgehead atoms. The van der Waals surface area contributed by atoms with Crippen molar-refractivity contribution >= 4 is 28.6 Å². The second kappa shape index (κ2) is 11.3. The predicted molar refractivity (Wildman–Crippen MR) is 142 cm³/mol. The van der Waals surface area contributed by atoms with Crippen molar-refractivity contribution < 1.29 is 18.9 Å². The molecule has 0 atom stereocenters. The number of morpholine rings is 1. The van der Waals surface area contributed by atoms with E-state index in [1.807, 2.05) is 47.0 Å². The number of hydrogen-bond acceptors (Lipinski definition) is 10. The molecule has 3 heterocycles. The minimum absolute atomic E-state index is 0.410. The highest BCUT2D eigenvalue weighted by Crippen LogP contribution is 2.40. The molecule has 1 aliphatic heterocycles. The Hall–Kier alpha value is -4.09. The summed E-state index contributed by atoms with van der Waals surface area (Å²) in [5, 5.41) is 6.77. The van der Waals surface area contributed by atoms with Gasteiger partial charge < -0.3 is 29.6 Å². The van der Waals surface area contributed by atoms with Gasteiger partial charge >= 0.3 is 0 Å². The summed E-state index contributed by atoms with van der Waals surface area (Å²) in [5.41, 5.74) is 3.03. The van der Waals surface area contributed by atoms with Crippen molar-refractivity contribution in [3.8, 4) is 22.9 Å². The number of anilines is 3. The lowest BCUT2D eigenvalue weighted by molar-refractivity contribution is 0.0398. The second-order valence-electron chi connectivity index (χ2n) is 8.44. The van der Waals surface area contributed by atoms with Crippen LogP contribution in [0.1, 0.15) is 0 Å². The standard InChI is InChI=1S/C26H31N7O4/c1-34-20-15-18(16-21(35-2)23(20)36-3)29-26-30-24(27-9-10-32-11-13-37-14-12-32)22-25(31-26)33(17-28-22)19-7-5-4-6-8-19/h4-8,15-17H,9-14H2,1-3H3,(H2,27,29,30,31). The molecule has 0 radical (unpaired) electrons. The molecule has 0 unspecified atom stereocenters. The average molecular weight is 506 g/mol. The number of rotatable bonds is 10. The van der Waals surface area contributed by atoms with E-state index < -0.39 is 0 Å². The van der Waals surface area contributed by atoms with Gasteiger partial charge in [-0.15, -0.1) is 0 Å². The fraction of sp³-hybridized carbons (Fsp3) is 0.346. The minimum atomic E-state index is 0.410. The maximum absolute atomic E-state index is 5.50. The Morgan fingerprint density at radius 1 is 0.946 bits per heavy atom. The van der Waals surface area contributed by atoms with Crippen LogP contribution < -0.4 is 24.8 Å². The van der Waals surface area contributed by atoms with Crippen LogP contribution in [-0.4, -0.2) is 85.1 Å². The van der Waals surface area contributed by atoms with Crippen LogP contribution in [0.2, 0.25) is 0 Å². The monoisotopic (exact) mass is 505 g/mol. The molecule has 2 aromatic heterocycles. The summed E-state index contributed by atoms with van der Waals surface area (Å²) in [7, 11) is 4.74. The van der Waals surface area contributed by atoms with Crippen molar-refractivity contribution in [3.63, 3.8) is 0 Å². The molecule has 0 amide bonds. The van der Waals surface area contributed by atoms with Gasteiger partial charge in [0.2, 0.25) is 11.7 Å². The molecule has 37 heavy (non-hydrogen) atoms. The zero-order valence-corrected chi connectivity index (χ0v) is 21.2. The first kappa shape index (κ1) is 24.6. The third-order valence-corrected chi connectivity index (χ3v) is 6.18. The number of para-hydroxylation sites is 1. The van der Waals surface area contributed by atoms with Gasteiger partial charge in [-0.25, -0.2) is 4.98 Å². The smallest absolute Gasteiger partial charge is 0.231 e. The van der Waals surface area contributed by atoms with Crippen molar-refractivity contribution in [2.75, 3.05) is 71.4 Å². The van der Waals surface area contributed by atoms with Crippen LogP contribution in [-0.2, 0) is 4.74 Å². The van der Waals surface area contributed by atoms with Gasteiger partial charge in [0.15, 0.2) is 28.5 Å². The van der Waals surface area contributed by atoms with Gasteiger partial charge in [0.25, 0.3) is 0 Å². The Morgan fingerprint density at radius 2 is 1.68 bits per heavy atom. The molecule has 5 rings (SSSR count). The van der Waals surface area contributed by atoms with Gasteiger partial charge in [0, 0.05) is 49.7 Å². The molecule has 0 spiro atoms. The molecule has 4 aromatic rings. The van der Waals surface area contributed by atoms with Crippen LogP contribution in [0.3, 0.4) is 0 Å². The topological polar surface area (TPSA) is 108 Å². The normalized spacial score (nSPS) is 13.9. The quantitative estimate of drug-likeness (QED) is 0.333. The summed E-state index contributed by atoms with van der Waals surface area (Å²) >= 11 is 0.